The number of unbranched alkanes of at least 4 members (excludes halogenated alkanes) is 1. The summed E-state index contributed by atoms with van der Waals surface area (Å²) in [6.45, 7) is 9.37. The van der Waals surface area contributed by atoms with Crippen molar-refractivity contribution in [1.82, 2.24) is 0 Å². The van der Waals surface area contributed by atoms with Crippen LogP contribution in [0.25, 0.3) is 23.3 Å². The third-order valence-electron chi connectivity index (χ3n) is 10.5. The summed E-state index contributed by atoms with van der Waals surface area (Å²) in [4.78, 5) is 0. The number of allylic oxidation sites excluding steroid dienone is 2. The molecule has 0 heterocycles. The summed E-state index contributed by atoms with van der Waals surface area (Å²) in [5.74, 6) is -1.81. The zero-order valence-corrected chi connectivity index (χ0v) is 29.7. The van der Waals surface area contributed by atoms with E-state index in [-0.39, 0.29) is 7.25 Å². The summed E-state index contributed by atoms with van der Waals surface area (Å²) in [7, 11) is 17.8. The molecule has 6 rings (SSSR count). The summed E-state index contributed by atoms with van der Waals surface area (Å²) < 4.78 is 1.17. The first-order valence-electron chi connectivity index (χ1n) is 15.2. The van der Waals surface area contributed by atoms with Crippen molar-refractivity contribution in [1.29, 1.82) is 0 Å². The van der Waals surface area contributed by atoms with Crippen LogP contribution in [0.15, 0.2) is 109 Å². The van der Waals surface area contributed by atoms with Crippen LogP contribution < -0.4 is 3.27 Å². The van der Waals surface area contributed by atoms with Crippen molar-refractivity contribution in [3.63, 3.8) is 0 Å². The Morgan fingerprint density at radius 3 is 2.17 bits per heavy atom. The van der Waals surface area contributed by atoms with Gasteiger partial charge in [-0.05, 0) is 0 Å². The number of hydrogen-bond acceptors (Lipinski definition) is 0. The van der Waals surface area contributed by atoms with Gasteiger partial charge in [0.05, 0.1) is 0 Å². The molecule has 0 saturated carbocycles. The Hall–Kier alpha value is -1.96. The van der Waals surface area contributed by atoms with Crippen molar-refractivity contribution in [2.75, 3.05) is 0 Å². The molecule has 4 aromatic carbocycles. The first-order valence-corrected chi connectivity index (χ1v) is 32.7. The summed E-state index contributed by atoms with van der Waals surface area (Å²) in [5, 5.41) is 0. The van der Waals surface area contributed by atoms with Crippen LogP contribution >= 0.6 is 17.0 Å². The van der Waals surface area contributed by atoms with Gasteiger partial charge in [0, 0.05) is 0 Å². The van der Waals surface area contributed by atoms with Crippen LogP contribution in [0, 0.1) is 0 Å². The maximum absolute atomic E-state index is 8.88. The Morgan fingerprint density at radius 1 is 0.780 bits per heavy atom. The minimum atomic E-state index is -5.65. The Labute approximate surface area is 251 Å². The van der Waals surface area contributed by atoms with E-state index in [0.717, 1.165) is 6.42 Å². The van der Waals surface area contributed by atoms with Gasteiger partial charge in [0.2, 0.25) is 0 Å². The van der Waals surface area contributed by atoms with E-state index in [1.54, 1.807) is 0 Å². The van der Waals surface area contributed by atoms with E-state index in [2.05, 4.69) is 142 Å². The molecule has 2 aliphatic rings. The molecule has 0 amide bonds. The third kappa shape index (κ3) is 4.08. The van der Waals surface area contributed by atoms with Gasteiger partial charge >= 0.3 is 254 Å². The monoisotopic (exact) mass is 672 g/mol. The average Bonchev–Trinajstić information content (AvgIpc) is 3.59. The zero-order valence-electron chi connectivity index (χ0n) is 24.6. The second-order valence-corrected chi connectivity index (χ2v) is 63.8. The molecule has 2 atom stereocenters. The van der Waals surface area contributed by atoms with Crippen LogP contribution in [0.4, 0.5) is 0 Å². The third-order valence-corrected chi connectivity index (χ3v) is 77.9. The normalized spacial score (nSPS) is 19.4. The van der Waals surface area contributed by atoms with Crippen LogP contribution in [-0.2, 0) is 20.5 Å². The van der Waals surface area contributed by atoms with Crippen LogP contribution in [0.3, 0.4) is 0 Å². The molecule has 0 saturated heterocycles. The topological polar surface area (TPSA) is 0 Å². The van der Waals surface area contributed by atoms with Gasteiger partial charge in [0.1, 0.15) is 0 Å². The van der Waals surface area contributed by atoms with Crippen LogP contribution in [-0.4, -0.2) is 5.92 Å². The predicted octanol–water partition coefficient (Wildman–Crippen LogP) is 10.8. The average molecular weight is 675 g/mol. The second-order valence-electron chi connectivity index (χ2n) is 12.8. The van der Waals surface area contributed by atoms with Crippen LogP contribution in [0.5, 0.6) is 0 Å². The van der Waals surface area contributed by atoms with Crippen molar-refractivity contribution >= 4 is 38.4 Å². The molecule has 2 unspecified atom stereocenters. The fourth-order valence-electron chi connectivity index (χ4n) is 8.22. The van der Waals surface area contributed by atoms with E-state index in [1.165, 1.54) is 60.6 Å². The van der Waals surface area contributed by atoms with Gasteiger partial charge in [0.15, 0.2) is 0 Å². The van der Waals surface area contributed by atoms with E-state index in [1.807, 2.05) is 0 Å². The molecule has 41 heavy (non-hydrogen) atoms. The first kappa shape index (κ1) is 29.1. The Morgan fingerprint density at radius 2 is 1.46 bits per heavy atom. The molecular formula is C37H40Cl2SiZr. The van der Waals surface area contributed by atoms with E-state index in [4.69, 9.17) is 17.0 Å². The number of aryl methyl sites for hydroxylation is 1. The number of benzene rings is 4. The Balaban J connectivity index is 1.62. The predicted molar refractivity (Wildman–Crippen MR) is 182 cm³/mol. The second kappa shape index (κ2) is 10.3. The van der Waals surface area contributed by atoms with Gasteiger partial charge in [-0.3, -0.25) is 0 Å². The summed E-state index contributed by atoms with van der Waals surface area (Å²) in [6.07, 6.45) is 10.6. The minimum absolute atomic E-state index is 0.00870. The molecule has 0 radical (unpaired) electrons. The van der Waals surface area contributed by atoms with Gasteiger partial charge in [0.25, 0.3) is 0 Å². The maximum atomic E-state index is 8.88. The Bertz CT molecular complexity index is 1680. The van der Waals surface area contributed by atoms with Crippen molar-refractivity contribution in [3.8, 4) is 11.1 Å². The van der Waals surface area contributed by atoms with Gasteiger partial charge in [-0.15, -0.1) is 0 Å². The van der Waals surface area contributed by atoms with E-state index < -0.39 is 20.0 Å². The molecule has 0 aliphatic heterocycles. The number of rotatable bonds is 8. The summed E-state index contributed by atoms with van der Waals surface area (Å²) in [6, 6.07) is 35.6. The first-order chi connectivity index (χ1) is 19.7. The molecule has 210 valence electrons. The van der Waals surface area contributed by atoms with E-state index in [0.29, 0.717) is 0 Å². The Kier molecular flexibility index (Phi) is 7.35. The summed E-state index contributed by atoms with van der Waals surface area (Å²) in [5.41, 5.74) is 10.4. The van der Waals surface area contributed by atoms with E-state index >= 15 is 0 Å². The molecular weight excluding hydrogens is 635 g/mol. The SMILES string of the molecule is CCCCc1ccc(-c2cccc3c2C=C(C)[CH]3[Zr]([Cl])([Cl])([c]2ccccc2)([CH]2C=Cc3ccccc32)[SiH](C)C)cc1. The molecule has 4 heteroatoms. The molecule has 0 nitrogen and oxygen atoms in total. The molecule has 2 aliphatic carbocycles. The fourth-order valence-corrected chi connectivity index (χ4v) is 52.4. The molecule has 0 N–H and O–H groups in total. The molecule has 0 fully saturated rings. The van der Waals surface area contributed by atoms with Gasteiger partial charge in [-0.25, -0.2) is 0 Å². The van der Waals surface area contributed by atoms with Crippen molar-refractivity contribution in [2.24, 2.45) is 0 Å². The molecule has 0 bridgehead atoms. The van der Waals surface area contributed by atoms with Gasteiger partial charge in [-0.2, -0.15) is 0 Å². The zero-order chi connectivity index (χ0) is 28.9. The molecule has 0 aromatic heterocycles. The number of hydrogen-bond donors (Lipinski definition) is 0. The van der Waals surface area contributed by atoms with Gasteiger partial charge in [-0.1, -0.05) is 0 Å². The molecule has 0 spiro atoms. The van der Waals surface area contributed by atoms with Crippen LogP contribution in [0.1, 0.15) is 61.8 Å². The van der Waals surface area contributed by atoms with Crippen molar-refractivity contribution in [3.05, 3.63) is 137 Å². The van der Waals surface area contributed by atoms with E-state index in [9.17, 15) is 0 Å². The standard InChI is InChI=1S/C20H21.C9H7.C6H5.C2H7Si.2ClH.Zr/c1-3-4-6-16-9-11-17(12-10-16)19-8-5-7-18-13-15(2)14-20(18)19;1-2-5-9-7-3-6-8(9)4-1;1-2-4-6-5-3-1;1-3-2;;;/h5,7-14H,3-4,6H2,1-2H3;1-7H;1-5H;3H,1-2H3;2*1H;/q;;;;;;+2/p-2. The summed E-state index contributed by atoms with van der Waals surface area (Å²) >= 11 is -5.65. The van der Waals surface area contributed by atoms with Crippen molar-refractivity contribution < 1.29 is 14.1 Å². The quantitative estimate of drug-likeness (QED) is 0.163. The van der Waals surface area contributed by atoms with Crippen molar-refractivity contribution in [2.45, 2.75) is 53.5 Å². The van der Waals surface area contributed by atoms with Crippen LogP contribution in [0.2, 0.25) is 13.1 Å². The van der Waals surface area contributed by atoms with Gasteiger partial charge < -0.3 is 0 Å². The number of fused-ring (bicyclic) bond motifs is 2. The molecule has 4 aromatic rings. The number of halogens is 2. The fraction of sp³-hybridized carbons (Fsp3) is 0.243.